The molecule has 0 unspecified atom stereocenters. The maximum Gasteiger partial charge on any atom is 0.332 e. The lowest BCUT2D eigenvalue weighted by Gasteiger charge is -2.33. The number of carbonyl (C=O) groups is 3. The summed E-state index contributed by atoms with van der Waals surface area (Å²) < 4.78 is 5.58. The van der Waals surface area contributed by atoms with Gasteiger partial charge in [0.1, 0.15) is 11.4 Å². The average molecular weight is 609 g/mol. The van der Waals surface area contributed by atoms with Crippen molar-refractivity contribution in [1.29, 1.82) is 5.26 Å². The van der Waals surface area contributed by atoms with E-state index in [-0.39, 0.29) is 12.2 Å². The SMILES string of the molecule is CN1C(=O)N(c2cc(Cl)cc(Cl)c2)C(=O)[C@]12CN(c1ccc(C(=O)O[Si](C)(C)C)cn1)C[C@H]2c1ccc(C#N)cc1. The molecule has 2 aliphatic rings. The first-order valence-electron chi connectivity index (χ1n) is 12.9. The van der Waals surface area contributed by atoms with Gasteiger partial charge in [-0.15, -0.1) is 0 Å². The molecule has 0 radical (unpaired) electrons. The van der Waals surface area contributed by atoms with E-state index in [9.17, 15) is 19.6 Å². The molecule has 1 aromatic heterocycles. The second-order valence-electron chi connectivity index (χ2n) is 11.1. The van der Waals surface area contributed by atoms with Gasteiger partial charge in [-0.2, -0.15) is 5.26 Å². The first-order chi connectivity index (χ1) is 19.3. The minimum atomic E-state index is -2.09. The number of rotatable bonds is 5. The third kappa shape index (κ3) is 5.17. The van der Waals surface area contributed by atoms with Crippen LogP contribution in [-0.2, 0) is 9.22 Å². The minimum absolute atomic E-state index is 0.148. The molecule has 2 atom stereocenters. The molecule has 41 heavy (non-hydrogen) atoms. The topological polar surface area (TPSA) is 107 Å². The highest BCUT2D eigenvalue weighted by atomic mass is 35.5. The van der Waals surface area contributed by atoms with Gasteiger partial charge in [-0.1, -0.05) is 35.3 Å². The van der Waals surface area contributed by atoms with Gasteiger partial charge in [-0.05, 0) is 67.7 Å². The Morgan fingerprint density at radius 1 is 1.07 bits per heavy atom. The number of likely N-dealkylation sites (N-methyl/N-ethyl adjacent to an activating group) is 1. The molecule has 0 aliphatic carbocycles. The number of imide groups is 1. The zero-order valence-electron chi connectivity index (χ0n) is 22.9. The van der Waals surface area contributed by atoms with Gasteiger partial charge in [-0.3, -0.25) is 4.79 Å². The van der Waals surface area contributed by atoms with Gasteiger partial charge in [0.05, 0.1) is 29.4 Å². The normalized spacial score (nSPS) is 20.6. The van der Waals surface area contributed by atoms with E-state index in [1.807, 2.05) is 36.7 Å². The quantitative estimate of drug-likeness (QED) is 0.271. The number of amides is 3. The van der Waals surface area contributed by atoms with Crippen LogP contribution in [0.1, 0.15) is 27.4 Å². The summed E-state index contributed by atoms with van der Waals surface area (Å²) in [7, 11) is -0.479. The largest absolute Gasteiger partial charge is 0.516 e. The van der Waals surface area contributed by atoms with Crippen molar-refractivity contribution in [2.45, 2.75) is 31.1 Å². The van der Waals surface area contributed by atoms with Crippen molar-refractivity contribution in [3.8, 4) is 6.07 Å². The van der Waals surface area contributed by atoms with Gasteiger partial charge in [0.25, 0.3) is 5.91 Å². The molecule has 0 saturated carbocycles. The first kappa shape index (κ1) is 28.6. The van der Waals surface area contributed by atoms with Crippen LogP contribution in [0.2, 0.25) is 29.7 Å². The van der Waals surface area contributed by atoms with Crippen molar-refractivity contribution >= 4 is 60.9 Å². The monoisotopic (exact) mass is 607 g/mol. The number of nitrogens with zero attached hydrogens (tertiary/aromatic N) is 5. The van der Waals surface area contributed by atoms with E-state index >= 15 is 0 Å². The highest BCUT2D eigenvalue weighted by molar-refractivity contribution is 6.71. The van der Waals surface area contributed by atoms with Crippen LogP contribution in [0, 0.1) is 11.3 Å². The molecule has 1 spiro atoms. The van der Waals surface area contributed by atoms with Crippen molar-refractivity contribution < 1.29 is 18.8 Å². The summed E-state index contributed by atoms with van der Waals surface area (Å²) in [6.45, 7) is 6.28. The minimum Gasteiger partial charge on any atom is -0.516 e. The summed E-state index contributed by atoms with van der Waals surface area (Å²) in [5.74, 6) is -0.767. The van der Waals surface area contributed by atoms with Crippen LogP contribution < -0.4 is 9.80 Å². The van der Waals surface area contributed by atoms with Crippen LogP contribution in [0.5, 0.6) is 0 Å². The Bertz CT molecular complexity index is 1570. The van der Waals surface area contributed by atoms with Crippen molar-refractivity contribution in [2.24, 2.45) is 0 Å². The Kier molecular flexibility index (Phi) is 7.32. The van der Waals surface area contributed by atoms with Gasteiger partial charge >= 0.3 is 12.0 Å². The fourth-order valence-corrected chi connectivity index (χ4v) is 6.60. The third-order valence-corrected chi connectivity index (χ3v) is 8.55. The summed E-state index contributed by atoms with van der Waals surface area (Å²) in [5.41, 5.74) is 0.596. The standard InChI is InChI=1S/C29H27Cl2N5O4Si/c1-34-28(39)36(23-12-21(30)11-22(31)13-23)27(38)29(34)17-35(16-24(29)19-7-5-18(14-32)6-8-19)25-10-9-20(15-33-25)26(37)40-41(2,3)4/h5-13,15,24H,16-17H2,1-4H3/t24-,29+/m0/s1. The van der Waals surface area contributed by atoms with E-state index in [1.54, 1.807) is 31.3 Å². The summed E-state index contributed by atoms with van der Waals surface area (Å²) in [4.78, 5) is 49.6. The van der Waals surface area contributed by atoms with Crippen LogP contribution in [-0.4, -0.2) is 61.8 Å². The maximum atomic E-state index is 14.4. The third-order valence-electron chi connectivity index (χ3n) is 7.32. The summed E-state index contributed by atoms with van der Waals surface area (Å²) in [6.07, 6.45) is 1.46. The highest BCUT2D eigenvalue weighted by Gasteiger charge is 2.64. The molecule has 2 saturated heterocycles. The number of benzene rings is 2. The van der Waals surface area contributed by atoms with Gasteiger partial charge in [0.2, 0.25) is 8.32 Å². The van der Waals surface area contributed by atoms with E-state index in [0.29, 0.717) is 33.5 Å². The molecular formula is C29H27Cl2N5O4Si. The van der Waals surface area contributed by atoms with Crippen LogP contribution in [0.3, 0.4) is 0 Å². The van der Waals surface area contributed by atoms with Crippen molar-refractivity contribution in [3.05, 3.63) is 87.5 Å². The van der Waals surface area contributed by atoms with E-state index in [1.165, 1.54) is 29.3 Å². The summed E-state index contributed by atoms with van der Waals surface area (Å²) >= 11 is 12.4. The van der Waals surface area contributed by atoms with Crippen LogP contribution >= 0.6 is 23.2 Å². The van der Waals surface area contributed by atoms with Crippen LogP contribution in [0.25, 0.3) is 0 Å². The van der Waals surface area contributed by atoms with E-state index < -0.39 is 37.7 Å². The zero-order valence-corrected chi connectivity index (χ0v) is 25.4. The molecule has 2 fully saturated rings. The molecule has 2 aliphatic heterocycles. The van der Waals surface area contributed by atoms with E-state index in [2.05, 4.69) is 11.1 Å². The van der Waals surface area contributed by atoms with Crippen molar-refractivity contribution in [1.82, 2.24) is 9.88 Å². The molecule has 0 N–H and O–H groups in total. The lowest BCUT2D eigenvalue weighted by Crippen LogP contribution is -2.53. The van der Waals surface area contributed by atoms with Crippen LogP contribution in [0.4, 0.5) is 16.3 Å². The summed E-state index contributed by atoms with van der Waals surface area (Å²) in [5, 5.41) is 9.90. The molecule has 3 amide bonds. The Balaban J connectivity index is 1.55. The average Bonchev–Trinajstić information content (AvgIpc) is 3.40. The number of anilines is 2. The highest BCUT2D eigenvalue weighted by Crippen LogP contribution is 2.47. The summed E-state index contributed by atoms with van der Waals surface area (Å²) in [6, 6.07) is 16.6. The van der Waals surface area contributed by atoms with Gasteiger partial charge < -0.3 is 14.2 Å². The van der Waals surface area contributed by atoms with E-state index in [0.717, 1.165) is 10.5 Å². The van der Waals surface area contributed by atoms with E-state index in [4.69, 9.17) is 27.6 Å². The second-order valence-corrected chi connectivity index (χ2v) is 16.4. The smallest absolute Gasteiger partial charge is 0.332 e. The molecule has 3 heterocycles. The molecule has 12 heteroatoms. The van der Waals surface area contributed by atoms with Crippen LogP contribution in [0.15, 0.2) is 60.8 Å². The van der Waals surface area contributed by atoms with Gasteiger partial charge in [0.15, 0.2) is 0 Å². The number of hydrogen-bond donors (Lipinski definition) is 0. The number of pyridine rings is 1. The fourth-order valence-electron chi connectivity index (χ4n) is 5.41. The number of halogens is 2. The van der Waals surface area contributed by atoms with Gasteiger partial charge in [-0.25, -0.2) is 19.5 Å². The Hall–Kier alpha value is -3.91. The number of aromatic nitrogens is 1. The maximum absolute atomic E-state index is 14.4. The number of carbonyl (C=O) groups excluding carboxylic acids is 3. The Labute approximate surface area is 249 Å². The fraction of sp³-hybridized carbons (Fsp3) is 0.276. The lowest BCUT2D eigenvalue weighted by atomic mass is 9.80. The number of nitriles is 1. The predicted molar refractivity (Wildman–Crippen MR) is 159 cm³/mol. The second kappa shape index (κ2) is 10.5. The Morgan fingerprint density at radius 2 is 1.73 bits per heavy atom. The lowest BCUT2D eigenvalue weighted by molar-refractivity contribution is -0.124. The number of hydrogen-bond acceptors (Lipinski definition) is 7. The molecule has 0 bridgehead atoms. The number of urea groups is 1. The van der Waals surface area contributed by atoms with Gasteiger partial charge in [0, 0.05) is 35.8 Å². The molecule has 210 valence electrons. The molecule has 2 aromatic carbocycles. The molecule has 5 rings (SSSR count). The molecule has 9 nitrogen and oxygen atoms in total. The Morgan fingerprint density at radius 3 is 2.29 bits per heavy atom. The molecule has 3 aromatic rings. The zero-order chi connectivity index (χ0) is 29.7. The first-order valence-corrected chi connectivity index (χ1v) is 17.0. The molecular weight excluding hydrogens is 581 g/mol. The van der Waals surface area contributed by atoms with Crippen molar-refractivity contribution in [2.75, 3.05) is 29.9 Å². The predicted octanol–water partition coefficient (Wildman–Crippen LogP) is 5.69. The van der Waals surface area contributed by atoms with Crippen molar-refractivity contribution in [3.63, 3.8) is 0 Å².